The fraction of sp³-hybridized carbons (Fsp3) is 0.100. The summed E-state index contributed by atoms with van der Waals surface area (Å²) in [5.41, 5.74) is 2.31. The summed E-state index contributed by atoms with van der Waals surface area (Å²) >= 11 is 5.72. The van der Waals surface area contributed by atoms with Crippen LogP contribution in [0.25, 0.3) is 5.69 Å². The minimum atomic E-state index is 0.844. The van der Waals surface area contributed by atoms with Gasteiger partial charge in [-0.15, -0.1) is 0 Å². The average molecular weight is 363 g/mol. The van der Waals surface area contributed by atoms with Crippen LogP contribution >= 0.6 is 38.5 Å². The van der Waals surface area contributed by atoms with E-state index in [-0.39, 0.29) is 0 Å². The molecule has 0 aliphatic carbocycles. The molecule has 0 atom stereocenters. The summed E-state index contributed by atoms with van der Waals surface area (Å²) in [5, 5.41) is 5.14. The monoisotopic (exact) mass is 362 g/mol. The molecule has 0 amide bonds. The third-order valence-corrected chi connectivity index (χ3v) is 3.45. The molecule has 0 saturated carbocycles. The molecule has 2 rings (SSSR count). The van der Waals surface area contributed by atoms with Crippen molar-refractivity contribution in [3.8, 4) is 5.69 Å². The number of nitrogens with zero attached hydrogens (tertiary/aromatic N) is 2. The second-order valence-corrected chi connectivity index (χ2v) is 4.60. The van der Waals surface area contributed by atoms with Gasteiger partial charge in [0, 0.05) is 20.7 Å². The van der Waals surface area contributed by atoms with Gasteiger partial charge in [-0.3, -0.25) is 0 Å². The molecule has 0 bridgehead atoms. The quantitative estimate of drug-likeness (QED) is 0.591. The first-order valence-electron chi connectivity index (χ1n) is 4.15. The lowest BCUT2D eigenvalue weighted by molar-refractivity contribution is 0.875. The lowest BCUT2D eigenvalue weighted by Gasteiger charge is -2.02. The first-order chi connectivity index (χ1) is 6.81. The molecule has 0 aliphatic heterocycles. The number of hydrogen-bond acceptors (Lipinski definition) is 1. The first-order valence-corrected chi connectivity index (χ1v) is 6.35. The highest BCUT2D eigenvalue weighted by molar-refractivity contribution is 14.1. The third kappa shape index (κ3) is 2.00. The maximum Gasteiger partial charge on any atom is 0.0779 e. The minimum absolute atomic E-state index is 0.844. The van der Waals surface area contributed by atoms with Gasteiger partial charge in [0.05, 0.1) is 11.9 Å². The Morgan fingerprint density at radius 2 is 2.14 bits per heavy atom. The van der Waals surface area contributed by atoms with Gasteiger partial charge in [0.2, 0.25) is 0 Å². The van der Waals surface area contributed by atoms with E-state index in [1.54, 1.807) is 0 Å². The molecule has 1 aromatic heterocycles. The molecule has 0 unspecified atom stereocenters. The van der Waals surface area contributed by atoms with Crippen LogP contribution in [0.1, 0.15) is 5.56 Å². The van der Waals surface area contributed by atoms with Crippen molar-refractivity contribution in [2.24, 2.45) is 0 Å². The molecule has 0 aliphatic rings. The summed E-state index contributed by atoms with van der Waals surface area (Å²) in [6.45, 7) is 0. The number of aromatic nitrogens is 2. The average Bonchev–Trinajstić information content (AvgIpc) is 2.67. The standard InChI is InChI=1S/C10H8BrIN2/c11-5-8-6-13-14(7-8)10-4-2-1-3-9(10)12/h1-4,6-7H,5H2. The molecular weight excluding hydrogens is 355 g/mol. The fourth-order valence-electron chi connectivity index (χ4n) is 1.20. The molecule has 2 nitrogen and oxygen atoms in total. The Morgan fingerprint density at radius 1 is 1.36 bits per heavy atom. The lowest BCUT2D eigenvalue weighted by Crippen LogP contribution is -1.96. The van der Waals surface area contributed by atoms with Gasteiger partial charge in [-0.2, -0.15) is 5.10 Å². The van der Waals surface area contributed by atoms with Gasteiger partial charge in [-0.05, 0) is 34.7 Å². The van der Waals surface area contributed by atoms with Gasteiger partial charge in [-0.25, -0.2) is 4.68 Å². The van der Waals surface area contributed by atoms with Crippen molar-refractivity contribution in [2.45, 2.75) is 5.33 Å². The van der Waals surface area contributed by atoms with E-state index in [1.165, 1.54) is 9.13 Å². The first kappa shape index (κ1) is 10.2. The summed E-state index contributed by atoms with van der Waals surface area (Å²) in [7, 11) is 0. The van der Waals surface area contributed by atoms with Gasteiger partial charge < -0.3 is 0 Å². The highest BCUT2D eigenvalue weighted by atomic mass is 127. The van der Waals surface area contributed by atoms with Crippen molar-refractivity contribution in [1.82, 2.24) is 9.78 Å². The van der Waals surface area contributed by atoms with E-state index in [2.05, 4.69) is 55.8 Å². The molecular formula is C10H8BrIN2. The van der Waals surface area contributed by atoms with Crippen LogP contribution in [0.15, 0.2) is 36.7 Å². The topological polar surface area (TPSA) is 17.8 Å². The van der Waals surface area contributed by atoms with Gasteiger partial charge in [-0.1, -0.05) is 28.1 Å². The summed E-state index contributed by atoms with van der Waals surface area (Å²) in [4.78, 5) is 0. The molecule has 1 heterocycles. The third-order valence-electron chi connectivity index (χ3n) is 1.89. The Balaban J connectivity index is 2.44. The smallest absolute Gasteiger partial charge is 0.0779 e. The Morgan fingerprint density at radius 3 is 2.79 bits per heavy atom. The summed E-state index contributed by atoms with van der Waals surface area (Å²) < 4.78 is 3.10. The van der Waals surface area contributed by atoms with Crippen molar-refractivity contribution < 1.29 is 0 Å². The second-order valence-electron chi connectivity index (χ2n) is 2.88. The number of alkyl halides is 1. The van der Waals surface area contributed by atoms with Crippen LogP contribution in [-0.4, -0.2) is 9.78 Å². The van der Waals surface area contributed by atoms with E-state index in [9.17, 15) is 0 Å². The SMILES string of the molecule is BrCc1cnn(-c2ccccc2I)c1. The second kappa shape index (κ2) is 4.44. The maximum absolute atomic E-state index is 4.30. The number of benzene rings is 1. The molecule has 1 aromatic carbocycles. The minimum Gasteiger partial charge on any atom is -0.240 e. The van der Waals surface area contributed by atoms with E-state index < -0.39 is 0 Å². The Bertz CT molecular complexity index is 439. The van der Waals surface area contributed by atoms with Gasteiger partial charge >= 0.3 is 0 Å². The summed E-state index contributed by atoms with van der Waals surface area (Å²) in [6.07, 6.45) is 3.91. The van der Waals surface area contributed by atoms with Crippen LogP contribution in [-0.2, 0) is 5.33 Å². The number of para-hydroxylation sites is 1. The maximum atomic E-state index is 4.30. The van der Waals surface area contributed by atoms with E-state index in [0.717, 1.165) is 11.0 Å². The fourth-order valence-corrected chi connectivity index (χ4v) is 2.12. The molecule has 0 fully saturated rings. The van der Waals surface area contributed by atoms with Crippen molar-refractivity contribution in [3.63, 3.8) is 0 Å². The highest BCUT2D eigenvalue weighted by Crippen LogP contribution is 2.16. The van der Waals surface area contributed by atoms with Crippen LogP contribution in [0, 0.1) is 3.57 Å². The van der Waals surface area contributed by atoms with E-state index >= 15 is 0 Å². The number of halogens is 2. The van der Waals surface area contributed by atoms with Crippen LogP contribution in [0.4, 0.5) is 0 Å². The van der Waals surface area contributed by atoms with Crippen molar-refractivity contribution in [2.75, 3.05) is 0 Å². The van der Waals surface area contributed by atoms with Crippen molar-refractivity contribution >= 4 is 38.5 Å². The molecule has 0 saturated heterocycles. The highest BCUT2D eigenvalue weighted by Gasteiger charge is 2.02. The van der Waals surface area contributed by atoms with Crippen molar-refractivity contribution in [1.29, 1.82) is 0 Å². The zero-order valence-electron chi connectivity index (χ0n) is 7.32. The normalized spacial score (nSPS) is 10.4. The largest absolute Gasteiger partial charge is 0.240 e. The molecule has 2 aromatic rings. The van der Waals surface area contributed by atoms with E-state index in [0.29, 0.717) is 0 Å². The van der Waals surface area contributed by atoms with Gasteiger partial charge in [0.15, 0.2) is 0 Å². The summed E-state index contributed by atoms with van der Waals surface area (Å²) in [6, 6.07) is 8.19. The molecule has 4 heteroatoms. The predicted molar refractivity (Wildman–Crippen MR) is 68.9 cm³/mol. The molecule has 72 valence electrons. The molecule has 0 radical (unpaired) electrons. The van der Waals surface area contributed by atoms with Gasteiger partial charge in [0.25, 0.3) is 0 Å². The lowest BCUT2D eigenvalue weighted by atomic mass is 10.3. The zero-order chi connectivity index (χ0) is 9.97. The van der Waals surface area contributed by atoms with Crippen LogP contribution < -0.4 is 0 Å². The van der Waals surface area contributed by atoms with Crippen molar-refractivity contribution in [3.05, 3.63) is 45.8 Å². The van der Waals surface area contributed by atoms with Gasteiger partial charge in [0.1, 0.15) is 0 Å². The van der Waals surface area contributed by atoms with E-state index in [4.69, 9.17) is 0 Å². The van der Waals surface area contributed by atoms with Crippen LogP contribution in [0.2, 0.25) is 0 Å². The Hall–Kier alpha value is -0.360. The predicted octanol–water partition coefficient (Wildman–Crippen LogP) is 3.37. The van der Waals surface area contributed by atoms with E-state index in [1.807, 2.05) is 29.2 Å². The Kier molecular flexibility index (Phi) is 3.22. The summed E-state index contributed by atoms with van der Waals surface area (Å²) in [5.74, 6) is 0. The zero-order valence-corrected chi connectivity index (χ0v) is 11.1. The number of hydrogen-bond donors (Lipinski definition) is 0. The van der Waals surface area contributed by atoms with Crippen LogP contribution in [0.3, 0.4) is 0 Å². The molecule has 0 spiro atoms. The number of rotatable bonds is 2. The Labute approximate surface area is 105 Å². The molecule has 14 heavy (non-hydrogen) atoms. The van der Waals surface area contributed by atoms with Crippen LogP contribution in [0.5, 0.6) is 0 Å². The molecule has 0 N–H and O–H groups in total.